The van der Waals surface area contributed by atoms with Crippen molar-refractivity contribution in [3.8, 4) is 0 Å². The highest BCUT2D eigenvalue weighted by Gasteiger charge is 2.04. The predicted octanol–water partition coefficient (Wildman–Crippen LogP) is -0.924. The van der Waals surface area contributed by atoms with Crippen LogP contribution >= 0.6 is 0 Å². The Bertz CT molecular complexity index is 197. The number of hydrogen-bond acceptors (Lipinski definition) is 4. The Morgan fingerprint density at radius 1 is 1.60 bits per heavy atom. The molecule has 10 heavy (non-hydrogen) atoms. The van der Waals surface area contributed by atoms with Gasteiger partial charge in [-0.25, -0.2) is 8.42 Å². The highest BCUT2D eigenvalue weighted by Crippen LogP contribution is 1.79. The first kappa shape index (κ1) is 9.58. The van der Waals surface area contributed by atoms with Crippen LogP contribution in [0.3, 0.4) is 0 Å². The van der Waals surface area contributed by atoms with Gasteiger partial charge in [0, 0.05) is 6.26 Å². The van der Waals surface area contributed by atoms with Crippen LogP contribution in [-0.2, 0) is 14.6 Å². The van der Waals surface area contributed by atoms with E-state index in [1.807, 2.05) is 0 Å². The summed E-state index contributed by atoms with van der Waals surface area (Å²) in [6.07, 6.45) is 2.71. The molecule has 0 aliphatic carbocycles. The molecule has 0 aliphatic heterocycles. The molecule has 0 bridgehead atoms. The Kier molecular flexibility index (Phi) is 3.52. The van der Waals surface area contributed by atoms with E-state index in [1.54, 1.807) is 6.29 Å². The molecule has 1 unspecified atom stereocenters. The van der Waals surface area contributed by atoms with Gasteiger partial charge in [-0.3, -0.25) is 10.1 Å². The monoisotopic (exact) mass is 164 g/mol. The maximum atomic E-state index is 10.5. The van der Waals surface area contributed by atoms with Crippen molar-refractivity contribution < 1.29 is 13.2 Å². The van der Waals surface area contributed by atoms with Gasteiger partial charge in [-0.1, -0.05) is 0 Å². The Hall–Kier alpha value is -0.420. The lowest BCUT2D eigenvalue weighted by atomic mass is 10.4. The van der Waals surface area contributed by atoms with Gasteiger partial charge in [-0.05, 0) is 6.92 Å². The van der Waals surface area contributed by atoms with Crippen molar-refractivity contribution >= 4 is 16.1 Å². The van der Waals surface area contributed by atoms with Crippen LogP contribution in [0.15, 0.2) is 0 Å². The maximum absolute atomic E-state index is 10.5. The molecule has 0 saturated carbocycles. The molecule has 0 aromatic carbocycles. The number of nitrogens with one attached hydrogen (secondary N) is 1. The van der Waals surface area contributed by atoms with Crippen LogP contribution in [0.2, 0.25) is 0 Å². The number of sulfone groups is 1. The highest BCUT2D eigenvalue weighted by molar-refractivity contribution is 7.90. The van der Waals surface area contributed by atoms with Crippen LogP contribution in [0.1, 0.15) is 6.92 Å². The molecule has 0 fully saturated rings. The first-order chi connectivity index (χ1) is 4.45. The molecule has 5 heteroatoms. The van der Waals surface area contributed by atoms with Crippen LogP contribution in [0.5, 0.6) is 0 Å². The first-order valence-corrected chi connectivity index (χ1v) is 4.80. The molecule has 0 aliphatic rings. The third-order valence-corrected chi connectivity index (χ3v) is 1.52. The van der Waals surface area contributed by atoms with Gasteiger partial charge in [0.25, 0.3) is 0 Å². The van der Waals surface area contributed by atoms with Crippen molar-refractivity contribution in [2.45, 2.75) is 13.0 Å². The molecule has 0 aromatic heterocycles. The zero-order chi connectivity index (χ0) is 8.20. The minimum Gasteiger partial charge on any atom is -0.294 e. The Labute approximate surface area is 60.5 Å². The maximum Gasteiger partial charge on any atom is 0.216 e. The van der Waals surface area contributed by atoms with Crippen molar-refractivity contribution in [1.29, 1.82) is 0 Å². The molecule has 0 spiro atoms. The second kappa shape index (κ2) is 3.68. The van der Waals surface area contributed by atoms with Crippen molar-refractivity contribution in [2.75, 3.05) is 12.1 Å². The summed E-state index contributed by atoms with van der Waals surface area (Å²) >= 11 is 0. The normalized spacial score (nSPS) is 14.6. The van der Waals surface area contributed by atoms with Gasteiger partial charge < -0.3 is 0 Å². The third kappa shape index (κ3) is 5.71. The Balaban J connectivity index is 3.66. The number of rotatable bonds is 4. The van der Waals surface area contributed by atoms with Gasteiger partial charge in [0.1, 0.15) is 0 Å². The smallest absolute Gasteiger partial charge is 0.216 e. The molecule has 1 radical (unpaired) electrons. The average molecular weight is 164 g/mol. The first-order valence-electron chi connectivity index (χ1n) is 2.74. The second-order valence-corrected chi connectivity index (χ2v) is 4.25. The number of carbonyl (C=O) groups excluding carboxylic acids is 1. The Morgan fingerprint density at radius 2 is 2.10 bits per heavy atom. The van der Waals surface area contributed by atoms with E-state index in [0.717, 1.165) is 6.26 Å². The van der Waals surface area contributed by atoms with Crippen molar-refractivity contribution in [3.05, 3.63) is 0 Å². The lowest BCUT2D eigenvalue weighted by Crippen LogP contribution is -2.31. The molecular formula is C5H10NO3S. The molecule has 1 N–H and O–H groups in total. The lowest BCUT2D eigenvalue weighted by Gasteiger charge is -2.02. The van der Waals surface area contributed by atoms with Gasteiger partial charge in [-0.15, -0.1) is 0 Å². The van der Waals surface area contributed by atoms with Crippen LogP contribution in [0, 0.1) is 0 Å². The van der Waals surface area contributed by atoms with Gasteiger partial charge >= 0.3 is 0 Å². The van der Waals surface area contributed by atoms with E-state index in [2.05, 4.69) is 5.32 Å². The summed E-state index contributed by atoms with van der Waals surface area (Å²) in [7, 11) is -3.02. The van der Waals surface area contributed by atoms with Crippen LogP contribution < -0.4 is 5.32 Å². The summed E-state index contributed by atoms with van der Waals surface area (Å²) in [6, 6.07) is -0.519. The molecule has 0 aromatic rings. The summed E-state index contributed by atoms with van der Waals surface area (Å²) in [5, 5.41) is 2.46. The van der Waals surface area contributed by atoms with Crippen LogP contribution in [-0.4, -0.2) is 32.9 Å². The summed E-state index contributed by atoms with van der Waals surface area (Å²) in [4.78, 5) is 9.84. The summed E-state index contributed by atoms with van der Waals surface area (Å²) in [5.41, 5.74) is 0. The molecule has 1 atom stereocenters. The summed E-state index contributed by atoms with van der Waals surface area (Å²) in [6.45, 7) is 1.54. The zero-order valence-corrected chi connectivity index (χ0v) is 6.73. The van der Waals surface area contributed by atoms with Crippen molar-refractivity contribution in [1.82, 2.24) is 5.32 Å². The topological polar surface area (TPSA) is 63.2 Å². The molecule has 0 saturated heterocycles. The zero-order valence-electron chi connectivity index (χ0n) is 5.92. The van der Waals surface area contributed by atoms with E-state index in [4.69, 9.17) is 0 Å². The molecule has 0 heterocycles. The van der Waals surface area contributed by atoms with E-state index in [0.29, 0.717) is 0 Å². The second-order valence-electron chi connectivity index (χ2n) is 2.11. The standard InChI is InChI=1S/C5H10NO3S/c1-5(3-7)6-4-10(2,8)9/h5-6H,4H2,1-2H3. The van der Waals surface area contributed by atoms with E-state index < -0.39 is 15.9 Å². The predicted molar refractivity (Wildman–Crippen MR) is 38.0 cm³/mol. The van der Waals surface area contributed by atoms with E-state index in [-0.39, 0.29) is 5.88 Å². The fraction of sp³-hybridized carbons (Fsp3) is 0.800. The quantitative estimate of drug-likeness (QED) is 0.583. The fourth-order valence-electron chi connectivity index (χ4n) is 0.318. The molecule has 0 rings (SSSR count). The third-order valence-electron chi connectivity index (χ3n) is 0.828. The van der Waals surface area contributed by atoms with Crippen LogP contribution in [0.4, 0.5) is 0 Å². The van der Waals surface area contributed by atoms with Crippen molar-refractivity contribution in [3.63, 3.8) is 0 Å². The van der Waals surface area contributed by atoms with Gasteiger partial charge in [0.15, 0.2) is 9.84 Å². The minimum absolute atomic E-state index is 0.177. The largest absolute Gasteiger partial charge is 0.294 e. The van der Waals surface area contributed by atoms with Crippen LogP contribution in [0.25, 0.3) is 0 Å². The molecule has 4 nitrogen and oxygen atoms in total. The van der Waals surface area contributed by atoms with Crippen molar-refractivity contribution in [2.24, 2.45) is 0 Å². The van der Waals surface area contributed by atoms with E-state index in [1.165, 1.54) is 6.92 Å². The van der Waals surface area contributed by atoms with Gasteiger partial charge in [0.05, 0.1) is 11.9 Å². The van der Waals surface area contributed by atoms with Gasteiger partial charge in [-0.2, -0.15) is 0 Å². The summed E-state index contributed by atoms with van der Waals surface area (Å²) in [5.74, 6) is -0.177. The molecule has 0 amide bonds. The Morgan fingerprint density at radius 3 is 2.40 bits per heavy atom. The molecular weight excluding hydrogens is 154 g/mol. The van der Waals surface area contributed by atoms with Gasteiger partial charge in [0.2, 0.25) is 6.29 Å². The average Bonchev–Trinajstić information content (AvgIpc) is 1.81. The van der Waals surface area contributed by atoms with E-state index in [9.17, 15) is 13.2 Å². The lowest BCUT2D eigenvalue weighted by molar-refractivity contribution is 0.530. The summed E-state index contributed by atoms with van der Waals surface area (Å²) < 4.78 is 20.9. The molecule has 59 valence electrons. The number of hydrogen-bond donors (Lipinski definition) is 1. The van der Waals surface area contributed by atoms with E-state index >= 15 is 0 Å². The SMILES string of the molecule is CC([C]=O)NCS(C)(=O)=O. The minimum atomic E-state index is -3.02. The highest BCUT2D eigenvalue weighted by atomic mass is 32.2. The fourth-order valence-corrected chi connectivity index (χ4v) is 0.871.